The van der Waals surface area contributed by atoms with Gasteiger partial charge in [0.05, 0.1) is 5.88 Å². The number of thioether (sulfide) groups is 1. The summed E-state index contributed by atoms with van der Waals surface area (Å²) in [6.07, 6.45) is 2.41. The quantitative estimate of drug-likeness (QED) is 0.896. The molecule has 0 spiro atoms. The molecule has 1 atom stereocenters. The number of benzene rings is 1. The van der Waals surface area contributed by atoms with Crippen LogP contribution < -0.4 is 5.32 Å². The van der Waals surface area contributed by atoms with Crippen molar-refractivity contribution in [1.82, 2.24) is 15.2 Å². The number of aromatic nitrogens is 1. The third-order valence-corrected chi connectivity index (χ3v) is 5.73. The zero-order valence-corrected chi connectivity index (χ0v) is 14.5. The van der Waals surface area contributed by atoms with E-state index in [9.17, 15) is 9.59 Å². The average Bonchev–Trinajstić information content (AvgIpc) is 3.10. The van der Waals surface area contributed by atoms with Gasteiger partial charge in [-0.05, 0) is 43.4 Å². The van der Waals surface area contributed by atoms with Crippen molar-refractivity contribution in [3.63, 3.8) is 0 Å². The molecule has 0 unspecified atom stereocenters. The van der Waals surface area contributed by atoms with Crippen LogP contribution in [0.1, 0.15) is 28.9 Å². The van der Waals surface area contributed by atoms with E-state index in [0.29, 0.717) is 23.2 Å². The standard InChI is InChI=1S/C18H21N3O2S/c1-11-2-5-13-7-15(20-14(13)6-11)18(23)21-10-24-9-16(21)17(22)19-8-12-3-4-12/h2,5-7,12,16,20H,3-4,8-10H2,1H3,(H,19,22)/t16-/m0/s1. The van der Waals surface area contributed by atoms with Crippen molar-refractivity contribution in [1.29, 1.82) is 0 Å². The molecule has 1 aromatic heterocycles. The van der Waals surface area contributed by atoms with Crippen LogP contribution in [-0.4, -0.2) is 45.9 Å². The fourth-order valence-corrected chi connectivity index (χ4v) is 4.21. The van der Waals surface area contributed by atoms with Gasteiger partial charge in [-0.15, -0.1) is 11.8 Å². The molecule has 0 bridgehead atoms. The van der Waals surface area contributed by atoms with Gasteiger partial charge >= 0.3 is 0 Å². The summed E-state index contributed by atoms with van der Waals surface area (Å²) in [6, 6.07) is 7.58. The molecule has 24 heavy (non-hydrogen) atoms. The van der Waals surface area contributed by atoms with E-state index in [1.807, 2.05) is 31.2 Å². The predicted octanol–water partition coefficient (Wildman–Crippen LogP) is 2.52. The zero-order chi connectivity index (χ0) is 16.7. The highest BCUT2D eigenvalue weighted by atomic mass is 32.2. The Labute approximate surface area is 145 Å². The van der Waals surface area contributed by atoms with E-state index in [2.05, 4.69) is 10.3 Å². The predicted molar refractivity (Wildman–Crippen MR) is 96.1 cm³/mol. The number of nitrogens with zero attached hydrogens (tertiary/aromatic N) is 1. The lowest BCUT2D eigenvalue weighted by molar-refractivity contribution is -0.124. The first-order chi connectivity index (χ1) is 11.6. The summed E-state index contributed by atoms with van der Waals surface area (Å²) in [5.74, 6) is 1.76. The molecule has 2 heterocycles. The van der Waals surface area contributed by atoms with Crippen LogP contribution in [0.4, 0.5) is 0 Å². The normalized spacial score (nSPS) is 20.5. The van der Waals surface area contributed by atoms with Crippen LogP contribution in [0.15, 0.2) is 24.3 Å². The first-order valence-electron chi connectivity index (χ1n) is 8.37. The van der Waals surface area contributed by atoms with Crippen LogP contribution in [0.2, 0.25) is 0 Å². The average molecular weight is 343 g/mol. The number of fused-ring (bicyclic) bond motifs is 1. The highest BCUT2D eigenvalue weighted by molar-refractivity contribution is 7.99. The molecule has 2 N–H and O–H groups in total. The molecule has 1 saturated heterocycles. The number of hydrogen-bond acceptors (Lipinski definition) is 3. The van der Waals surface area contributed by atoms with E-state index in [1.165, 1.54) is 12.8 Å². The minimum absolute atomic E-state index is 0.0211. The minimum atomic E-state index is -0.366. The Balaban J connectivity index is 1.51. The van der Waals surface area contributed by atoms with Crippen molar-refractivity contribution in [2.75, 3.05) is 18.2 Å². The van der Waals surface area contributed by atoms with E-state index in [-0.39, 0.29) is 17.9 Å². The molecule has 5 nitrogen and oxygen atoms in total. The number of amides is 2. The Bertz CT molecular complexity index is 797. The van der Waals surface area contributed by atoms with Crippen molar-refractivity contribution in [2.24, 2.45) is 5.92 Å². The summed E-state index contributed by atoms with van der Waals surface area (Å²) in [7, 11) is 0. The molecule has 6 heteroatoms. The van der Waals surface area contributed by atoms with Gasteiger partial charge in [0, 0.05) is 23.2 Å². The van der Waals surface area contributed by atoms with Crippen LogP contribution in [0, 0.1) is 12.8 Å². The number of carbonyl (C=O) groups is 2. The van der Waals surface area contributed by atoms with Crippen molar-refractivity contribution in [3.8, 4) is 0 Å². The summed E-state index contributed by atoms with van der Waals surface area (Å²) in [5.41, 5.74) is 2.66. The molecule has 0 radical (unpaired) electrons. The van der Waals surface area contributed by atoms with E-state index < -0.39 is 0 Å². The van der Waals surface area contributed by atoms with Gasteiger partial charge in [0.25, 0.3) is 5.91 Å². The zero-order valence-electron chi connectivity index (χ0n) is 13.7. The fourth-order valence-electron chi connectivity index (χ4n) is 3.06. The topological polar surface area (TPSA) is 65.2 Å². The number of carbonyl (C=O) groups excluding carboxylic acids is 2. The second-order valence-electron chi connectivity index (χ2n) is 6.75. The Morgan fingerprint density at radius 3 is 2.96 bits per heavy atom. The molecule has 1 aliphatic carbocycles. The van der Waals surface area contributed by atoms with Crippen LogP contribution >= 0.6 is 11.8 Å². The van der Waals surface area contributed by atoms with Gasteiger partial charge in [-0.1, -0.05) is 12.1 Å². The van der Waals surface area contributed by atoms with Crippen LogP contribution in [0.25, 0.3) is 10.9 Å². The second-order valence-corrected chi connectivity index (χ2v) is 7.75. The maximum Gasteiger partial charge on any atom is 0.271 e. The van der Waals surface area contributed by atoms with Crippen molar-refractivity contribution in [2.45, 2.75) is 25.8 Å². The lowest BCUT2D eigenvalue weighted by Gasteiger charge is -2.22. The largest absolute Gasteiger partial charge is 0.354 e. The molecule has 1 saturated carbocycles. The fraction of sp³-hybridized carbons (Fsp3) is 0.444. The summed E-state index contributed by atoms with van der Waals surface area (Å²) in [5, 5.41) is 4.02. The summed E-state index contributed by atoms with van der Waals surface area (Å²) < 4.78 is 0. The first-order valence-corrected chi connectivity index (χ1v) is 9.53. The van der Waals surface area contributed by atoms with Crippen molar-refractivity contribution in [3.05, 3.63) is 35.5 Å². The Morgan fingerprint density at radius 1 is 1.33 bits per heavy atom. The van der Waals surface area contributed by atoms with Gasteiger partial charge < -0.3 is 15.2 Å². The van der Waals surface area contributed by atoms with E-state index in [1.54, 1.807) is 16.7 Å². The Morgan fingerprint density at radius 2 is 2.17 bits per heavy atom. The van der Waals surface area contributed by atoms with Gasteiger partial charge in [-0.2, -0.15) is 0 Å². The molecule has 2 fully saturated rings. The van der Waals surface area contributed by atoms with Crippen LogP contribution in [-0.2, 0) is 4.79 Å². The molecule has 1 aliphatic heterocycles. The molecule has 126 valence electrons. The maximum atomic E-state index is 12.9. The minimum Gasteiger partial charge on any atom is -0.354 e. The molecular weight excluding hydrogens is 322 g/mol. The molecule has 4 rings (SSSR count). The lowest BCUT2D eigenvalue weighted by Crippen LogP contribution is -2.47. The number of rotatable bonds is 4. The summed E-state index contributed by atoms with van der Waals surface area (Å²) >= 11 is 1.63. The highest BCUT2D eigenvalue weighted by Gasteiger charge is 2.36. The summed E-state index contributed by atoms with van der Waals surface area (Å²) in [6.45, 7) is 2.77. The number of aromatic amines is 1. The first kappa shape index (κ1) is 15.6. The molecule has 2 amide bonds. The monoisotopic (exact) mass is 343 g/mol. The number of aryl methyl sites for hydroxylation is 1. The van der Waals surface area contributed by atoms with Crippen molar-refractivity contribution < 1.29 is 9.59 Å². The molecule has 2 aliphatic rings. The number of hydrogen-bond donors (Lipinski definition) is 2. The van der Waals surface area contributed by atoms with Gasteiger partial charge in [-0.25, -0.2) is 0 Å². The van der Waals surface area contributed by atoms with Crippen molar-refractivity contribution >= 4 is 34.5 Å². The Kier molecular flexibility index (Phi) is 4.00. The third-order valence-electron chi connectivity index (χ3n) is 4.72. The van der Waals surface area contributed by atoms with Crippen LogP contribution in [0.5, 0.6) is 0 Å². The third kappa shape index (κ3) is 3.02. The van der Waals surface area contributed by atoms with Crippen LogP contribution in [0.3, 0.4) is 0 Å². The molecule has 2 aromatic rings. The van der Waals surface area contributed by atoms with Gasteiger partial charge in [0.15, 0.2) is 0 Å². The smallest absolute Gasteiger partial charge is 0.271 e. The number of H-pyrrole nitrogens is 1. The lowest BCUT2D eigenvalue weighted by atomic mass is 10.2. The molecular formula is C18H21N3O2S. The number of nitrogens with one attached hydrogen (secondary N) is 2. The summed E-state index contributed by atoms with van der Waals surface area (Å²) in [4.78, 5) is 30.2. The highest BCUT2D eigenvalue weighted by Crippen LogP contribution is 2.28. The van der Waals surface area contributed by atoms with E-state index in [0.717, 1.165) is 23.0 Å². The van der Waals surface area contributed by atoms with Gasteiger partial charge in [-0.3, -0.25) is 9.59 Å². The SMILES string of the molecule is Cc1ccc2cc(C(=O)N3CSC[C@H]3C(=O)NCC3CC3)[nH]c2c1. The van der Waals surface area contributed by atoms with E-state index in [4.69, 9.17) is 0 Å². The maximum absolute atomic E-state index is 12.9. The Hall–Kier alpha value is -1.95. The van der Waals surface area contributed by atoms with Gasteiger partial charge in [0.2, 0.25) is 5.91 Å². The van der Waals surface area contributed by atoms with Gasteiger partial charge in [0.1, 0.15) is 11.7 Å². The molecule has 1 aromatic carbocycles. The van der Waals surface area contributed by atoms with E-state index >= 15 is 0 Å². The second kappa shape index (κ2) is 6.16.